The van der Waals surface area contributed by atoms with Crippen molar-refractivity contribution in [2.45, 2.75) is 6.54 Å². The lowest BCUT2D eigenvalue weighted by molar-refractivity contribution is 0.0954. The summed E-state index contributed by atoms with van der Waals surface area (Å²) in [6.45, 7) is 0.320. The summed E-state index contributed by atoms with van der Waals surface area (Å²) < 4.78 is 0. The number of para-hydroxylation sites is 2. The van der Waals surface area contributed by atoms with Crippen molar-refractivity contribution in [2.24, 2.45) is 0 Å². The topological polar surface area (TPSA) is 108 Å². The number of fused-ring (bicyclic) bond motifs is 1. The summed E-state index contributed by atoms with van der Waals surface area (Å²) >= 11 is 1.25. The van der Waals surface area contributed by atoms with Gasteiger partial charge in [-0.3, -0.25) is 4.79 Å². The van der Waals surface area contributed by atoms with E-state index in [1.807, 2.05) is 24.3 Å². The van der Waals surface area contributed by atoms with Crippen LogP contribution in [0, 0.1) is 0 Å². The van der Waals surface area contributed by atoms with Crippen molar-refractivity contribution in [1.29, 1.82) is 0 Å². The zero-order valence-electron chi connectivity index (χ0n) is 12.9. The van der Waals surface area contributed by atoms with Crippen LogP contribution in [-0.2, 0) is 6.54 Å². The van der Waals surface area contributed by atoms with Crippen molar-refractivity contribution >= 4 is 39.2 Å². The number of thiazole rings is 1. The van der Waals surface area contributed by atoms with Crippen LogP contribution in [-0.4, -0.2) is 30.8 Å². The molecular weight excluding hydrogens is 338 g/mol. The van der Waals surface area contributed by atoms with Crippen molar-refractivity contribution in [3.8, 4) is 0 Å². The van der Waals surface area contributed by atoms with E-state index in [0.717, 1.165) is 11.0 Å². The third-order valence-corrected chi connectivity index (χ3v) is 4.31. The minimum Gasteiger partial charge on any atom is -0.344 e. The highest BCUT2D eigenvalue weighted by molar-refractivity contribution is 7.17. The Morgan fingerprint density at radius 3 is 2.96 bits per heavy atom. The number of carbonyl (C=O) groups is 1. The van der Waals surface area contributed by atoms with Gasteiger partial charge in [0.05, 0.1) is 23.8 Å². The predicted molar refractivity (Wildman–Crippen MR) is 94.7 cm³/mol. The van der Waals surface area contributed by atoms with E-state index in [1.165, 1.54) is 23.9 Å². The molecule has 0 aliphatic carbocycles. The van der Waals surface area contributed by atoms with Gasteiger partial charge in [0.1, 0.15) is 22.8 Å². The van der Waals surface area contributed by atoms with Gasteiger partial charge in [0, 0.05) is 6.20 Å². The summed E-state index contributed by atoms with van der Waals surface area (Å²) in [4.78, 5) is 32.5. The first-order valence-electron chi connectivity index (χ1n) is 7.48. The van der Waals surface area contributed by atoms with Crippen molar-refractivity contribution in [3.05, 3.63) is 59.8 Å². The second kappa shape index (κ2) is 6.65. The number of hydrogen-bond acceptors (Lipinski definition) is 7. The average molecular weight is 351 g/mol. The third-order valence-electron chi connectivity index (χ3n) is 3.40. The summed E-state index contributed by atoms with van der Waals surface area (Å²) in [7, 11) is 0. The maximum absolute atomic E-state index is 12.3. The lowest BCUT2D eigenvalue weighted by atomic mass is 10.3. The Hall–Kier alpha value is -3.33. The molecule has 0 radical (unpaired) electrons. The van der Waals surface area contributed by atoms with Crippen LogP contribution in [0.25, 0.3) is 11.0 Å². The Morgan fingerprint density at radius 1 is 1.20 bits per heavy atom. The van der Waals surface area contributed by atoms with Crippen LogP contribution in [0.5, 0.6) is 0 Å². The fourth-order valence-corrected chi connectivity index (χ4v) is 2.99. The summed E-state index contributed by atoms with van der Waals surface area (Å²) in [6, 6.07) is 9.46. The number of hydrogen-bond donors (Lipinski definition) is 3. The third kappa shape index (κ3) is 3.45. The molecular formula is C16H13N7OS. The molecule has 0 fully saturated rings. The molecule has 1 amide bonds. The van der Waals surface area contributed by atoms with E-state index < -0.39 is 0 Å². The number of rotatable bonds is 5. The fourth-order valence-electron chi connectivity index (χ4n) is 2.25. The number of H-pyrrole nitrogens is 1. The molecule has 124 valence electrons. The minimum atomic E-state index is -0.200. The molecule has 0 saturated carbocycles. The van der Waals surface area contributed by atoms with Crippen LogP contribution in [0.2, 0.25) is 0 Å². The Bertz CT molecular complexity index is 978. The Morgan fingerprint density at radius 2 is 2.12 bits per heavy atom. The van der Waals surface area contributed by atoms with Crippen LogP contribution < -0.4 is 10.6 Å². The van der Waals surface area contributed by atoms with Gasteiger partial charge in [-0.25, -0.2) is 19.9 Å². The highest BCUT2D eigenvalue weighted by atomic mass is 32.1. The number of aromatic nitrogens is 5. The van der Waals surface area contributed by atoms with Crippen molar-refractivity contribution in [3.63, 3.8) is 0 Å². The van der Waals surface area contributed by atoms with Crippen LogP contribution >= 0.6 is 11.3 Å². The first-order chi connectivity index (χ1) is 12.3. The van der Waals surface area contributed by atoms with E-state index >= 15 is 0 Å². The second-order valence-electron chi connectivity index (χ2n) is 5.13. The summed E-state index contributed by atoms with van der Waals surface area (Å²) in [5.41, 5.74) is 1.82. The fraction of sp³-hybridized carbons (Fsp3) is 0.0625. The largest absolute Gasteiger partial charge is 0.344 e. The zero-order valence-corrected chi connectivity index (χ0v) is 13.7. The van der Waals surface area contributed by atoms with E-state index in [1.54, 1.807) is 12.3 Å². The van der Waals surface area contributed by atoms with Crippen molar-refractivity contribution in [2.75, 3.05) is 5.32 Å². The van der Waals surface area contributed by atoms with E-state index in [9.17, 15) is 4.79 Å². The molecule has 3 heterocycles. The number of aromatic amines is 1. The quantitative estimate of drug-likeness (QED) is 0.510. The van der Waals surface area contributed by atoms with Gasteiger partial charge in [0.25, 0.3) is 5.91 Å². The van der Waals surface area contributed by atoms with Gasteiger partial charge >= 0.3 is 0 Å². The molecule has 0 unspecified atom stereocenters. The van der Waals surface area contributed by atoms with Crippen LogP contribution in [0.1, 0.15) is 15.5 Å². The van der Waals surface area contributed by atoms with E-state index in [-0.39, 0.29) is 5.91 Å². The Kier molecular flexibility index (Phi) is 4.05. The number of benzene rings is 1. The number of anilines is 2. The van der Waals surface area contributed by atoms with Gasteiger partial charge in [-0.1, -0.05) is 23.5 Å². The Labute approximate surface area is 146 Å². The van der Waals surface area contributed by atoms with Crippen molar-refractivity contribution < 1.29 is 4.79 Å². The molecule has 25 heavy (non-hydrogen) atoms. The molecule has 0 aliphatic rings. The predicted octanol–water partition coefficient (Wildman–Crippen LogP) is 2.48. The number of carbonyl (C=O) groups excluding carboxylic acids is 1. The average Bonchev–Trinajstić information content (AvgIpc) is 3.27. The summed E-state index contributed by atoms with van der Waals surface area (Å²) in [5, 5.41) is 6.46. The molecule has 0 saturated heterocycles. The highest BCUT2D eigenvalue weighted by Crippen LogP contribution is 2.21. The van der Waals surface area contributed by atoms with E-state index in [2.05, 4.69) is 35.6 Å². The van der Waals surface area contributed by atoms with Gasteiger partial charge in [-0.2, -0.15) is 0 Å². The second-order valence-corrected chi connectivity index (χ2v) is 6.16. The first kappa shape index (κ1) is 15.2. The normalized spacial score (nSPS) is 10.7. The highest BCUT2D eigenvalue weighted by Gasteiger charge is 2.12. The standard InChI is InChI=1S/C16H13N7OS/c24-15(18-8-14-21-10-3-1-2-4-11(10)22-14)12-7-19-16(25-12)23-13-5-6-17-9-20-13/h1-7,9H,8H2,(H,18,24)(H,21,22)(H,17,19,20,23). The molecule has 8 nitrogen and oxygen atoms in total. The van der Waals surface area contributed by atoms with Gasteiger partial charge in [-0.05, 0) is 18.2 Å². The van der Waals surface area contributed by atoms with Crippen molar-refractivity contribution in [1.82, 2.24) is 30.2 Å². The number of imidazole rings is 1. The SMILES string of the molecule is O=C(NCc1nc2ccccc2[nH]1)c1cnc(Nc2ccncn2)s1. The van der Waals surface area contributed by atoms with Gasteiger partial charge < -0.3 is 15.6 Å². The molecule has 4 rings (SSSR count). The van der Waals surface area contributed by atoms with Gasteiger partial charge in [0.15, 0.2) is 5.13 Å². The summed E-state index contributed by atoms with van der Waals surface area (Å²) in [5.74, 6) is 1.13. The monoisotopic (exact) mass is 351 g/mol. The number of nitrogens with zero attached hydrogens (tertiary/aromatic N) is 4. The van der Waals surface area contributed by atoms with Crippen LogP contribution in [0.4, 0.5) is 10.9 Å². The van der Waals surface area contributed by atoms with Crippen LogP contribution in [0.3, 0.4) is 0 Å². The molecule has 0 atom stereocenters. The number of amides is 1. The van der Waals surface area contributed by atoms with Gasteiger partial charge in [-0.15, -0.1) is 0 Å². The lowest BCUT2D eigenvalue weighted by Crippen LogP contribution is -2.22. The van der Waals surface area contributed by atoms with E-state index in [0.29, 0.717) is 28.2 Å². The van der Waals surface area contributed by atoms with E-state index in [4.69, 9.17) is 0 Å². The molecule has 0 aliphatic heterocycles. The molecule has 0 spiro atoms. The molecule has 3 N–H and O–H groups in total. The first-order valence-corrected chi connectivity index (χ1v) is 8.30. The number of nitrogens with one attached hydrogen (secondary N) is 3. The van der Waals surface area contributed by atoms with Gasteiger partial charge in [0.2, 0.25) is 0 Å². The summed E-state index contributed by atoms with van der Waals surface area (Å²) in [6.07, 6.45) is 4.60. The molecule has 3 aromatic heterocycles. The zero-order chi connectivity index (χ0) is 17.1. The molecule has 0 bridgehead atoms. The molecule has 4 aromatic rings. The maximum Gasteiger partial charge on any atom is 0.263 e. The smallest absolute Gasteiger partial charge is 0.263 e. The molecule has 9 heteroatoms. The molecule has 1 aromatic carbocycles. The minimum absolute atomic E-state index is 0.200. The van der Waals surface area contributed by atoms with Crippen LogP contribution in [0.15, 0.2) is 49.1 Å². The lowest BCUT2D eigenvalue weighted by Gasteiger charge is -2.00. The maximum atomic E-state index is 12.3. The Balaban J connectivity index is 1.39.